The van der Waals surface area contributed by atoms with Gasteiger partial charge in [-0.1, -0.05) is 13.3 Å². The fourth-order valence-electron chi connectivity index (χ4n) is 0.802. The molecule has 0 aromatic rings. The molecule has 0 amide bonds. The number of aldehydes is 2. The van der Waals surface area contributed by atoms with Crippen molar-refractivity contribution in [3.05, 3.63) is 0 Å². The lowest BCUT2D eigenvalue weighted by atomic mass is 10.2. The molecule has 0 aromatic carbocycles. The Labute approximate surface area is 73.1 Å². The van der Waals surface area contributed by atoms with Crippen LogP contribution in [0.5, 0.6) is 0 Å². The van der Waals surface area contributed by atoms with Gasteiger partial charge in [-0.3, -0.25) is 0 Å². The van der Waals surface area contributed by atoms with E-state index >= 15 is 0 Å². The predicted octanol–water partition coefficient (Wildman–Crippen LogP) is 1.35. The van der Waals surface area contributed by atoms with Crippen LogP contribution in [0.4, 0.5) is 0 Å². The number of unbranched alkanes of at least 4 members (excludes halogenated alkanes) is 1. The van der Waals surface area contributed by atoms with E-state index in [1.54, 1.807) is 0 Å². The summed E-state index contributed by atoms with van der Waals surface area (Å²) in [5, 5.41) is 0. The molecule has 1 unspecified atom stereocenters. The molecule has 0 saturated carbocycles. The fraction of sp³-hybridized carbons (Fsp3) is 0.778. The molecule has 0 bridgehead atoms. The molecular weight excluding hydrogens is 156 g/mol. The van der Waals surface area contributed by atoms with E-state index in [-0.39, 0.29) is 6.10 Å². The van der Waals surface area contributed by atoms with Crippen molar-refractivity contribution in [2.45, 2.75) is 38.7 Å². The quantitative estimate of drug-likeness (QED) is 0.410. The Morgan fingerprint density at radius 1 is 1.42 bits per heavy atom. The second-order valence-electron chi connectivity index (χ2n) is 2.64. The lowest BCUT2D eigenvalue weighted by Crippen LogP contribution is -2.15. The zero-order valence-electron chi connectivity index (χ0n) is 7.49. The van der Waals surface area contributed by atoms with Gasteiger partial charge in [0.05, 0.1) is 0 Å². The monoisotopic (exact) mass is 172 g/mol. The summed E-state index contributed by atoms with van der Waals surface area (Å²) in [6.45, 7) is 2.67. The predicted molar refractivity (Wildman–Crippen MR) is 46.0 cm³/mol. The van der Waals surface area contributed by atoms with Gasteiger partial charge in [0.2, 0.25) is 0 Å². The molecule has 0 rings (SSSR count). The van der Waals surface area contributed by atoms with Gasteiger partial charge in [0.25, 0.3) is 0 Å². The van der Waals surface area contributed by atoms with Crippen LogP contribution in [-0.4, -0.2) is 25.3 Å². The highest BCUT2D eigenvalue weighted by Crippen LogP contribution is 1.99. The molecule has 0 fully saturated rings. The van der Waals surface area contributed by atoms with Gasteiger partial charge in [-0.05, 0) is 12.8 Å². The molecule has 0 N–H and O–H groups in total. The van der Waals surface area contributed by atoms with Crippen LogP contribution < -0.4 is 0 Å². The Kier molecular flexibility index (Phi) is 7.91. The van der Waals surface area contributed by atoms with E-state index in [1.807, 2.05) is 0 Å². The average molecular weight is 172 g/mol. The van der Waals surface area contributed by atoms with Crippen LogP contribution in [0.2, 0.25) is 0 Å². The van der Waals surface area contributed by atoms with Crippen LogP contribution >= 0.6 is 0 Å². The molecule has 0 aromatic heterocycles. The van der Waals surface area contributed by atoms with Crippen molar-refractivity contribution in [2.24, 2.45) is 0 Å². The highest BCUT2D eigenvalue weighted by Gasteiger charge is 2.05. The zero-order valence-corrected chi connectivity index (χ0v) is 7.49. The van der Waals surface area contributed by atoms with E-state index in [0.717, 1.165) is 25.4 Å². The first-order chi connectivity index (χ1) is 5.85. The summed E-state index contributed by atoms with van der Waals surface area (Å²) in [7, 11) is 0. The zero-order chi connectivity index (χ0) is 9.23. The van der Waals surface area contributed by atoms with Crippen LogP contribution in [0.15, 0.2) is 0 Å². The summed E-state index contributed by atoms with van der Waals surface area (Å²) in [4.78, 5) is 20.3. The summed E-state index contributed by atoms with van der Waals surface area (Å²) in [5.41, 5.74) is 0. The number of carbonyl (C=O) groups excluding carboxylic acids is 2. The van der Waals surface area contributed by atoms with Crippen molar-refractivity contribution in [3.8, 4) is 0 Å². The van der Waals surface area contributed by atoms with Gasteiger partial charge in [0, 0.05) is 13.0 Å². The van der Waals surface area contributed by atoms with Gasteiger partial charge in [0.15, 0.2) is 0 Å². The summed E-state index contributed by atoms with van der Waals surface area (Å²) < 4.78 is 5.21. The summed E-state index contributed by atoms with van der Waals surface area (Å²) in [6, 6.07) is 0. The third-order valence-corrected chi connectivity index (χ3v) is 1.55. The first-order valence-corrected chi connectivity index (χ1v) is 4.35. The van der Waals surface area contributed by atoms with E-state index in [0.29, 0.717) is 19.4 Å². The van der Waals surface area contributed by atoms with Crippen molar-refractivity contribution in [1.82, 2.24) is 0 Å². The molecule has 0 heterocycles. The van der Waals surface area contributed by atoms with Gasteiger partial charge < -0.3 is 14.3 Å². The van der Waals surface area contributed by atoms with Crippen molar-refractivity contribution >= 4 is 12.6 Å². The van der Waals surface area contributed by atoms with Gasteiger partial charge in [0.1, 0.15) is 18.7 Å². The average Bonchev–Trinajstić information content (AvgIpc) is 2.11. The minimum absolute atomic E-state index is 0.387. The molecular formula is C9H16O3. The van der Waals surface area contributed by atoms with Gasteiger partial charge in [-0.2, -0.15) is 0 Å². The minimum Gasteiger partial charge on any atom is -0.371 e. The fourth-order valence-corrected chi connectivity index (χ4v) is 0.802. The van der Waals surface area contributed by atoms with E-state index in [9.17, 15) is 9.59 Å². The van der Waals surface area contributed by atoms with Gasteiger partial charge in [-0.15, -0.1) is 0 Å². The lowest BCUT2D eigenvalue weighted by molar-refractivity contribution is -0.119. The number of hydrogen-bond donors (Lipinski definition) is 0. The Morgan fingerprint density at radius 2 is 2.17 bits per heavy atom. The van der Waals surface area contributed by atoms with E-state index in [4.69, 9.17) is 4.74 Å². The van der Waals surface area contributed by atoms with Crippen molar-refractivity contribution < 1.29 is 14.3 Å². The molecule has 0 saturated heterocycles. The van der Waals surface area contributed by atoms with E-state index < -0.39 is 0 Å². The smallest absolute Gasteiger partial charge is 0.148 e. The lowest BCUT2D eigenvalue weighted by Gasteiger charge is -2.08. The highest BCUT2D eigenvalue weighted by molar-refractivity contribution is 5.57. The maximum Gasteiger partial charge on any atom is 0.148 e. The molecule has 0 aliphatic rings. The van der Waals surface area contributed by atoms with Gasteiger partial charge >= 0.3 is 0 Å². The normalized spacial score (nSPS) is 12.4. The van der Waals surface area contributed by atoms with E-state index in [2.05, 4.69) is 6.92 Å². The maximum absolute atomic E-state index is 10.4. The first-order valence-electron chi connectivity index (χ1n) is 4.35. The van der Waals surface area contributed by atoms with Crippen LogP contribution in [0.1, 0.15) is 32.6 Å². The van der Waals surface area contributed by atoms with Crippen molar-refractivity contribution in [1.29, 1.82) is 0 Å². The Bertz CT molecular complexity index is 123. The molecule has 12 heavy (non-hydrogen) atoms. The number of rotatable bonds is 8. The molecule has 0 aliphatic heterocycles. The Hall–Kier alpha value is -0.700. The first kappa shape index (κ1) is 11.3. The third kappa shape index (κ3) is 6.04. The van der Waals surface area contributed by atoms with E-state index in [1.165, 1.54) is 0 Å². The van der Waals surface area contributed by atoms with Crippen molar-refractivity contribution in [2.75, 3.05) is 6.61 Å². The Morgan fingerprint density at radius 3 is 2.67 bits per heavy atom. The molecule has 3 heteroatoms. The third-order valence-electron chi connectivity index (χ3n) is 1.55. The van der Waals surface area contributed by atoms with Crippen LogP contribution in [-0.2, 0) is 14.3 Å². The van der Waals surface area contributed by atoms with Gasteiger partial charge in [-0.25, -0.2) is 0 Å². The molecule has 3 nitrogen and oxygen atoms in total. The standard InChI is InChI=1S/C9H16O3/c1-2-3-7-12-9(8-11)5-4-6-10/h6,8-9H,2-5,7H2,1H3. The van der Waals surface area contributed by atoms with Crippen molar-refractivity contribution in [3.63, 3.8) is 0 Å². The number of hydrogen-bond acceptors (Lipinski definition) is 3. The second kappa shape index (κ2) is 8.40. The summed E-state index contributed by atoms with van der Waals surface area (Å²) in [6.07, 6.45) is 4.11. The topological polar surface area (TPSA) is 43.4 Å². The maximum atomic E-state index is 10.4. The van der Waals surface area contributed by atoms with Crippen LogP contribution in [0.25, 0.3) is 0 Å². The SMILES string of the molecule is CCCCOC(C=O)CCC=O. The van der Waals surface area contributed by atoms with Crippen LogP contribution in [0.3, 0.4) is 0 Å². The molecule has 0 spiro atoms. The number of carbonyl (C=O) groups is 2. The largest absolute Gasteiger partial charge is 0.371 e. The molecule has 0 aliphatic carbocycles. The minimum atomic E-state index is -0.387. The number of ether oxygens (including phenoxy) is 1. The second-order valence-corrected chi connectivity index (χ2v) is 2.64. The molecule has 1 atom stereocenters. The van der Waals surface area contributed by atoms with Crippen LogP contribution in [0, 0.1) is 0 Å². The summed E-state index contributed by atoms with van der Waals surface area (Å²) >= 11 is 0. The molecule has 70 valence electrons. The Balaban J connectivity index is 3.38. The molecule has 0 radical (unpaired) electrons. The summed E-state index contributed by atoms with van der Waals surface area (Å²) in [5.74, 6) is 0. The highest BCUT2D eigenvalue weighted by atomic mass is 16.5.